The number of nitrogens with one attached hydrogen (secondary N) is 1. The van der Waals surface area contributed by atoms with Crippen LogP contribution in [-0.2, 0) is 16.6 Å². The molecule has 25 heavy (non-hydrogen) atoms. The van der Waals surface area contributed by atoms with E-state index in [1.807, 2.05) is 26.0 Å². The Bertz CT molecular complexity index is 794. The van der Waals surface area contributed by atoms with Gasteiger partial charge in [0, 0.05) is 25.6 Å². The fraction of sp³-hybridized carbons (Fsp3) is 0.529. The van der Waals surface area contributed by atoms with Crippen molar-refractivity contribution in [2.45, 2.75) is 50.5 Å². The second-order valence-corrected chi connectivity index (χ2v) is 8.51. The van der Waals surface area contributed by atoms with E-state index >= 15 is 0 Å². The van der Waals surface area contributed by atoms with Crippen LogP contribution in [0.2, 0.25) is 0 Å². The lowest BCUT2D eigenvalue weighted by Crippen LogP contribution is -2.35. The van der Waals surface area contributed by atoms with Gasteiger partial charge in [-0.3, -0.25) is 0 Å². The molecule has 1 aliphatic rings. The zero-order chi connectivity index (χ0) is 17.9. The summed E-state index contributed by atoms with van der Waals surface area (Å²) in [6.07, 6.45) is 2.97. The van der Waals surface area contributed by atoms with Crippen LogP contribution in [0.25, 0.3) is 0 Å². The predicted molar refractivity (Wildman–Crippen MR) is 94.8 cm³/mol. The first-order valence-corrected chi connectivity index (χ1v) is 10.1. The van der Waals surface area contributed by atoms with E-state index in [0.29, 0.717) is 36.4 Å². The number of piperidine rings is 1. The van der Waals surface area contributed by atoms with Crippen molar-refractivity contribution in [3.05, 3.63) is 35.7 Å². The maximum atomic E-state index is 12.6. The van der Waals surface area contributed by atoms with E-state index in [4.69, 9.17) is 4.52 Å². The van der Waals surface area contributed by atoms with Gasteiger partial charge in [-0.25, -0.2) is 8.42 Å². The molecule has 0 saturated carbocycles. The Balaban J connectivity index is 1.63. The summed E-state index contributed by atoms with van der Waals surface area (Å²) < 4.78 is 32.0. The molecule has 0 unspecified atom stereocenters. The third-order valence-electron chi connectivity index (χ3n) is 4.28. The lowest BCUT2D eigenvalue weighted by Gasteiger charge is -2.25. The Hall–Kier alpha value is -1.93. The fourth-order valence-corrected chi connectivity index (χ4v) is 4.27. The van der Waals surface area contributed by atoms with Gasteiger partial charge in [-0.1, -0.05) is 37.6 Å². The van der Waals surface area contributed by atoms with Crippen molar-refractivity contribution >= 4 is 16.0 Å². The molecule has 2 aromatic rings. The third kappa shape index (κ3) is 4.19. The summed E-state index contributed by atoms with van der Waals surface area (Å²) in [5.74, 6) is 0.865. The fourth-order valence-electron chi connectivity index (χ4n) is 2.75. The molecule has 0 bridgehead atoms. The summed E-state index contributed by atoms with van der Waals surface area (Å²) in [4.78, 5) is 4.60. The molecule has 1 saturated heterocycles. The molecule has 8 heteroatoms. The number of anilines is 1. The van der Waals surface area contributed by atoms with Crippen LogP contribution in [-0.4, -0.2) is 36.0 Å². The standard InChI is InChI=1S/C17H24N4O3S/c1-13(2)16-19-17(24-20-16)18-12-14-6-8-15(9-7-14)25(22,23)21-10-4-3-5-11-21/h6-9,13H,3-5,10-12H2,1-2H3,(H,18,19,20). The average molecular weight is 364 g/mol. The quantitative estimate of drug-likeness (QED) is 0.848. The molecule has 1 fully saturated rings. The van der Waals surface area contributed by atoms with Gasteiger partial charge in [0.15, 0.2) is 5.82 Å². The number of nitrogens with zero attached hydrogens (tertiary/aromatic N) is 3. The lowest BCUT2D eigenvalue weighted by atomic mass is 10.2. The molecule has 3 rings (SSSR count). The van der Waals surface area contributed by atoms with E-state index in [2.05, 4.69) is 15.5 Å². The highest BCUT2D eigenvalue weighted by molar-refractivity contribution is 7.89. The van der Waals surface area contributed by atoms with Crippen molar-refractivity contribution in [3.8, 4) is 0 Å². The molecular weight excluding hydrogens is 340 g/mol. The molecule has 1 aromatic carbocycles. The number of benzene rings is 1. The van der Waals surface area contributed by atoms with Crippen LogP contribution in [0.15, 0.2) is 33.7 Å². The zero-order valence-corrected chi connectivity index (χ0v) is 15.4. The Morgan fingerprint density at radius 3 is 2.44 bits per heavy atom. The summed E-state index contributed by atoms with van der Waals surface area (Å²) in [5, 5.41) is 6.95. The van der Waals surface area contributed by atoms with Gasteiger partial charge in [-0.05, 0) is 30.5 Å². The Morgan fingerprint density at radius 1 is 1.16 bits per heavy atom. The molecule has 0 spiro atoms. The van der Waals surface area contributed by atoms with E-state index in [1.165, 1.54) is 0 Å². The van der Waals surface area contributed by atoms with Gasteiger partial charge in [0.2, 0.25) is 10.0 Å². The second kappa shape index (κ2) is 7.53. The van der Waals surface area contributed by atoms with Gasteiger partial charge in [-0.2, -0.15) is 9.29 Å². The molecule has 0 amide bonds. The highest BCUT2D eigenvalue weighted by Crippen LogP contribution is 2.21. The molecule has 136 valence electrons. The summed E-state index contributed by atoms with van der Waals surface area (Å²) in [6, 6.07) is 7.31. The second-order valence-electron chi connectivity index (χ2n) is 6.57. The van der Waals surface area contributed by atoms with Crippen molar-refractivity contribution in [3.63, 3.8) is 0 Å². The highest BCUT2D eigenvalue weighted by Gasteiger charge is 2.25. The van der Waals surface area contributed by atoms with Crippen LogP contribution in [0.3, 0.4) is 0 Å². The monoisotopic (exact) mass is 364 g/mol. The summed E-state index contributed by atoms with van der Waals surface area (Å²) >= 11 is 0. The van der Waals surface area contributed by atoms with Crippen LogP contribution in [0.5, 0.6) is 0 Å². The van der Waals surface area contributed by atoms with Gasteiger partial charge in [0.05, 0.1) is 4.90 Å². The summed E-state index contributed by atoms with van der Waals surface area (Å²) in [7, 11) is -3.38. The molecule has 0 radical (unpaired) electrons. The maximum absolute atomic E-state index is 12.6. The van der Waals surface area contributed by atoms with Crippen molar-refractivity contribution in [2.75, 3.05) is 18.4 Å². The first-order valence-electron chi connectivity index (χ1n) is 8.63. The lowest BCUT2D eigenvalue weighted by molar-refractivity contribution is 0.346. The first kappa shape index (κ1) is 17.9. The van der Waals surface area contributed by atoms with Crippen molar-refractivity contribution in [1.29, 1.82) is 0 Å². The van der Waals surface area contributed by atoms with Gasteiger partial charge < -0.3 is 9.84 Å². The van der Waals surface area contributed by atoms with Crippen LogP contribution >= 0.6 is 0 Å². The Labute approximate surface area is 148 Å². The summed E-state index contributed by atoms with van der Waals surface area (Å²) in [6.45, 7) is 5.71. The van der Waals surface area contributed by atoms with Gasteiger partial charge in [-0.15, -0.1) is 0 Å². The van der Waals surface area contributed by atoms with E-state index in [9.17, 15) is 8.42 Å². The maximum Gasteiger partial charge on any atom is 0.321 e. The van der Waals surface area contributed by atoms with Crippen molar-refractivity contribution in [1.82, 2.24) is 14.4 Å². The number of hydrogen-bond acceptors (Lipinski definition) is 6. The minimum absolute atomic E-state index is 0.207. The zero-order valence-electron chi connectivity index (χ0n) is 14.6. The van der Waals surface area contributed by atoms with Crippen LogP contribution < -0.4 is 5.32 Å². The van der Waals surface area contributed by atoms with Crippen LogP contribution in [0, 0.1) is 0 Å². The topological polar surface area (TPSA) is 88.3 Å². The highest BCUT2D eigenvalue weighted by atomic mass is 32.2. The molecule has 0 aliphatic carbocycles. The van der Waals surface area contributed by atoms with Gasteiger partial charge in [0.1, 0.15) is 0 Å². The minimum Gasteiger partial charge on any atom is -0.334 e. The SMILES string of the molecule is CC(C)c1noc(NCc2ccc(S(=O)(=O)N3CCCCC3)cc2)n1. The summed E-state index contributed by atoms with van der Waals surface area (Å²) in [5.41, 5.74) is 0.946. The Morgan fingerprint density at radius 2 is 1.84 bits per heavy atom. The number of hydrogen-bond donors (Lipinski definition) is 1. The Kier molecular flexibility index (Phi) is 5.39. The van der Waals surface area contributed by atoms with Gasteiger partial charge in [0.25, 0.3) is 0 Å². The predicted octanol–water partition coefficient (Wildman–Crippen LogP) is 2.98. The molecule has 1 aromatic heterocycles. The van der Waals surface area contributed by atoms with Crippen molar-refractivity contribution in [2.24, 2.45) is 0 Å². The van der Waals surface area contributed by atoms with Crippen LogP contribution in [0.1, 0.15) is 50.4 Å². The minimum atomic E-state index is -3.38. The van der Waals surface area contributed by atoms with Gasteiger partial charge >= 0.3 is 6.01 Å². The number of sulfonamides is 1. The smallest absolute Gasteiger partial charge is 0.321 e. The van der Waals surface area contributed by atoms with E-state index in [-0.39, 0.29) is 5.92 Å². The van der Waals surface area contributed by atoms with E-state index < -0.39 is 10.0 Å². The first-order chi connectivity index (χ1) is 12.0. The molecule has 1 N–H and O–H groups in total. The van der Waals surface area contributed by atoms with E-state index in [1.54, 1.807) is 16.4 Å². The normalized spacial score (nSPS) is 16.3. The molecule has 1 aliphatic heterocycles. The number of aromatic nitrogens is 2. The van der Waals surface area contributed by atoms with Crippen LogP contribution in [0.4, 0.5) is 6.01 Å². The third-order valence-corrected chi connectivity index (χ3v) is 6.19. The average Bonchev–Trinajstić information content (AvgIpc) is 3.10. The molecule has 2 heterocycles. The van der Waals surface area contributed by atoms with Crippen molar-refractivity contribution < 1.29 is 12.9 Å². The number of rotatable bonds is 6. The molecule has 7 nitrogen and oxygen atoms in total. The molecular formula is C17H24N4O3S. The molecule has 0 atom stereocenters. The largest absolute Gasteiger partial charge is 0.334 e. The van der Waals surface area contributed by atoms with E-state index in [0.717, 1.165) is 24.8 Å².